The van der Waals surface area contributed by atoms with Crippen molar-refractivity contribution < 1.29 is 28.6 Å². The summed E-state index contributed by atoms with van der Waals surface area (Å²) in [7, 11) is 1.56. The fourth-order valence-corrected chi connectivity index (χ4v) is 5.62. The number of benzene rings is 1. The second kappa shape index (κ2) is 10.6. The molecule has 30 heavy (non-hydrogen) atoms. The van der Waals surface area contributed by atoms with E-state index >= 15 is 0 Å². The molecule has 1 fully saturated rings. The van der Waals surface area contributed by atoms with Gasteiger partial charge in [0, 0.05) is 17.3 Å². The van der Waals surface area contributed by atoms with Gasteiger partial charge in [-0.3, -0.25) is 4.79 Å². The maximum atomic E-state index is 12.7. The summed E-state index contributed by atoms with van der Waals surface area (Å²) in [6.45, 7) is 1.66. The molecule has 2 aliphatic heterocycles. The SMILES string of the molecule is CCOC(=O)C1=C(COC(=O)C2CSCCS2)NC(=O)NC1c1ccc(OC)cc1. The van der Waals surface area contributed by atoms with Crippen LogP contribution in [0.25, 0.3) is 0 Å². The summed E-state index contributed by atoms with van der Waals surface area (Å²) in [4.78, 5) is 37.4. The molecular weight excluding hydrogens is 428 g/mol. The zero-order valence-corrected chi connectivity index (χ0v) is 18.4. The molecule has 1 saturated heterocycles. The molecule has 1 aromatic rings. The van der Waals surface area contributed by atoms with Gasteiger partial charge in [0.1, 0.15) is 17.6 Å². The number of methoxy groups -OCH3 is 1. The number of carbonyl (C=O) groups excluding carboxylic acids is 3. The number of amides is 2. The first kappa shape index (κ1) is 22.4. The Balaban J connectivity index is 1.86. The van der Waals surface area contributed by atoms with E-state index in [4.69, 9.17) is 14.2 Å². The molecule has 0 saturated carbocycles. The van der Waals surface area contributed by atoms with Crippen molar-refractivity contribution in [2.24, 2.45) is 0 Å². The Kier molecular flexibility index (Phi) is 7.92. The van der Waals surface area contributed by atoms with Gasteiger partial charge >= 0.3 is 18.0 Å². The fourth-order valence-electron chi connectivity index (χ4n) is 3.09. The number of rotatable bonds is 7. The van der Waals surface area contributed by atoms with Crippen LogP contribution >= 0.6 is 23.5 Å². The second-order valence-corrected chi connectivity index (χ2v) is 8.92. The van der Waals surface area contributed by atoms with Gasteiger partial charge in [0.05, 0.1) is 31.0 Å². The lowest BCUT2D eigenvalue weighted by Crippen LogP contribution is -2.47. The normalized spacial score (nSPS) is 21.3. The first-order valence-corrected chi connectivity index (χ1v) is 11.7. The molecule has 0 radical (unpaired) electrons. The third kappa shape index (κ3) is 5.42. The highest BCUT2D eigenvalue weighted by atomic mass is 32.2. The third-order valence-corrected chi connectivity index (χ3v) is 7.27. The van der Waals surface area contributed by atoms with Crippen molar-refractivity contribution in [3.05, 3.63) is 41.1 Å². The predicted octanol–water partition coefficient (Wildman–Crippen LogP) is 2.26. The molecule has 2 atom stereocenters. The molecular formula is C20H24N2O6S2. The van der Waals surface area contributed by atoms with Gasteiger partial charge in [-0.05, 0) is 24.6 Å². The highest BCUT2D eigenvalue weighted by Gasteiger charge is 2.34. The third-order valence-electron chi connectivity index (χ3n) is 4.54. The molecule has 0 bridgehead atoms. The van der Waals surface area contributed by atoms with E-state index in [9.17, 15) is 14.4 Å². The average molecular weight is 453 g/mol. The van der Waals surface area contributed by atoms with Crippen molar-refractivity contribution in [2.45, 2.75) is 18.2 Å². The van der Waals surface area contributed by atoms with Crippen LogP contribution in [-0.4, -0.2) is 60.8 Å². The van der Waals surface area contributed by atoms with Crippen molar-refractivity contribution in [2.75, 3.05) is 37.6 Å². The molecule has 10 heteroatoms. The van der Waals surface area contributed by atoms with E-state index in [0.29, 0.717) is 17.1 Å². The molecule has 2 heterocycles. The maximum absolute atomic E-state index is 12.7. The first-order valence-electron chi connectivity index (χ1n) is 9.51. The fraction of sp³-hybridized carbons (Fsp3) is 0.450. The summed E-state index contributed by atoms with van der Waals surface area (Å²) in [5, 5.41) is 5.10. The van der Waals surface area contributed by atoms with E-state index in [1.807, 2.05) is 0 Å². The Bertz CT molecular complexity index is 821. The van der Waals surface area contributed by atoms with Crippen LogP contribution in [0.3, 0.4) is 0 Å². The number of carbonyl (C=O) groups is 3. The van der Waals surface area contributed by atoms with Crippen LogP contribution in [0.5, 0.6) is 5.75 Å². The standard InChI is InChI=1S/C20H24N2O6S2/c1-3-27-19(24)16-14(10-28-18(23)15-11-29-8-9-30-15)21-20(25)22-17(16)12-4-6-13(26-2)7-5-12/h4-7,15,17H,3,8-11H2,1-2H3,(H2,21,22,25). The van der Waals surface area contributed by atoms with Crippen LogP contribution in [0.1, 0.15) is 18.5 Å². The minimum Gasteiger partial charge on any atom is -0.497 e. The second-order valence-electron chi connectivity index (χ2n) is 6.46. The van der Waals surface area contributed by atoms with Crippen LogP contribution in [0.4, 0.5) is 4.79 Å². The van der Waals surface area contributed by atoms with Crippen LogP contribution in [0, 0.1) is 0 Å². The molecule has 0 spiro atoms. The lowest BCUT2D eigenvalue weighted by Gasteiger charge is -2.29. The predicted molar refractivity (Wildman–Crippen MR) is 116 cm³/mol. The van der Waals surface area contributed by atoms with E-state index < -0.39 is 18.0 Å². The van der Waals surface area contributed by atoms with E-state index in [1.54, 1.807) is 61.8 Å². The molecule has 2 aliphatic rings. The molecule has 2 unspecified atom stereocenters. The summed E-state index contributed by atoms with van der Waals surface area (Å²) < 4.78 is 15.8. The molecule has 1 aromatic carbocycles. The van der Waals surface area contributed by atoms with Gasteiger partial charge in [-0.15, -0.1) is 11.8 Å². The van der Waals surface area contributed by atoms with Crippen molar-refractivity contribution in [1.82, 2.24) is 10.6 Å². The van der Waals surface area contributed by atoms with Gasteiger partial charge in [-0.1, -0.05) is 12.1 Å². The van der Waals surface area contributed by atoms with Crippen molar-refractivity contribution >= 4 is 41.5 Å². The molecule has 3 rings (SSSR count). The number of thioether (sulfide) groups is 2. The largest absolute Gasteiger partial charge is 0.497 e. The van der Waals surface area contributed by atoms with Crippen molar-refractivity contribution in [1.29, 1.82) is 0 Å². The summed E-state index contributed by atoms with van der Waals surface area (Å²) >= 11 is 3.27. The quantitative estimate of drug-likeness (QED) is 0.608. The van der Waals surface area contributed by atoms with Gasteiger partial charge in [-0.2, -0.15) is 11.8 Å². The first-order chi connectivity index (χ1) is 14.5. The Morgan fingerprint density at radius 2 is 1.93 bits per heavy atom. The number of hydrogen-bond acceptors (Lipinski definition) is 8. The molecule has 0 aliphatic carbocycles. The number of esters is 2. The highest BCUT2D eigenvalue weighted by molar-refractivity contribution is 8.07. The monoisotopic (exact) mass is 452 g/mol. The Morgan fingerprint density at radius 3 is 2.57 bits per heavy atom. The van der Waals surface area contributed by atoms with Crippen molar-refractivity contribution in [3.8, 4) is 5.75 Å². The summed E-state index contributed by atoms with van der Waals surface area (Å²) in [6.07, 6.45) is 0. The van der Waals surface area contributed by atoms with Gasteiger partial charge in [0.2, 0.25) is 0 Å². The van der Waals surface area contributed by atoms with E-state index in [2.05, 4.69) is 10.6 Å². The smallest absolute Gasteiger partial charge is 0.338 e. The number of hydrogen-bond donors (Lipinski definition) is 2. The molecule has 0 aromatic heterocycles. The number of urea groups is 1. The summed E-state index contributed by atoms with van der Waals surface area (Å²) in [6, 6.07) is 5.77. The Labute approximate surface area is 183 Å². The van der Waals surface area contributed by atoms with Crippen LogP contribution in [0.15, 0.2) is 35.5 Å². The molecule has 2 N–H and O–H groups in total. The highest BCUT2D eigenvalue weighted by Crippen LogP contribution is 2.30. The van der Waals surface area contributed by atoms with E-state index in [1.165, 1.54) is 0 Å². The summed E-state index contributed by atoms with van der Waals surface area (Å²) in [5.41, 5.74) is 1.11. The van der Waals surface area contributed by atoms with E-state index in [-0.39, 0.29) is 35.7 Å². The topological polar surface area (TPSA) is 103 Å². The molecule has 8 nitrogen and oxygen atoms in total. The van der Waals surface area contributed by atoms with Gasteiger partial charge in [0.25, 0.3) is 0 Å². The van der Waals surface area contributed by atoms with Gasteiger partial charge in [0.15, 0.2) is 0 Å². The lowest BCUT2D eigenvalue weighted by atomic mass is 9.95. The zero-order chi connectivity index (χ0) is 21.5. The minimum absolute atomic E-state index is 0.175. The average Bonchev–Trinajstić information content (AvgIpc) is 2.77. The maximum Gasteiger partial charge on any atom is 0.338 e. The Hall–Kier alpha value is -2.33. The zero-order valence-electron chi connectivity index (χ0n) is 16.8. The van der Waals surface area contributed by atoms with Crippen molar-refractivity contribution in [3.63, 3.8) is 0 Å². The van der Waals surface area contributed by atoms with E-state index in [0.717, 1.165) is 11.5 Å². The van der Waals surface area contributed by atoms with Crippen LogP contribution < -0.4 is 15.4 Å². The van der Waals surface area contributed by atoms with Crippen LogP contribution in [-0.2, 0) is 19.1 Å². The van der Waals surface area contributed by atoms with Gasteiger partial charge in [-0.25, -0.2) is 9.59 Å². The lowest BCUT2D eigenvalue weighted by molar-refractivity contribution is -0.142. The molecule has 2 amide bonds. The molecule has 162 valence electrons. The number of nitrogens with one attached hydrogen (secondary N) is 2. The van der Waals surface area contributed by atoms with Gasteiger partial charge < -0.3 is 24.8 Å². The summed E-state index contributed by atoms with van der Waals surface area (Å²) in [5.74, 6) is 2.31. The van der Waals surface area contributed by atoms with Crippen LogP contribution in [0.2, 0.25) is 0 Å². The Morgan fingerprint density at radius 1 is 1.17 bits per heavy atom. The minimum atomic E-state index is -0.739. The number of ether oxygens (including phenoxy) is 3.